The normalized spacial score (nSPS) is 16.0. The molecule has 1 aliphatic heterocycles. The summed E-state index contributed by atoms with van der Waals surface area (Å²) in [5.74, 6) is 0. The highest BCUT2D eigenvalue weighted by Crippen LogP contribution is 2.14. The van der Waals surface area contributed by atoms with Gasteiger partial charge in [0.05, 0.1) is 0 Å². The number of hydrogen-bond donors (Lipinski definition) is 1. The molecule has 0 aliphatic carbocycles. The van der Waals surface area contributed by atoms with Crippen LogP contribution in [-0.4, -0.2) is 30.6 Å². The third kappa shape index (κ3) is 11.5. The minimum absolute atomic E-state index is 0.468. The Labute approximate surface area is 168 Å². The van der Waals surface area contributed by atoms with Gasteiger partial charge >= 0.3 is 0 Å². The van der Waals surface area contributed by atoms with Gasteiger partial charge in [-0.1, -0.05) is 94.5 Å². The van der Waals surface area contributed by atoms with Gasteiger partial charge in [-0.15, -0.1) is 0 Å². The molecule has 2 N–H and O–H groups in total. The zero-order valence-corrected chi connectivity index (χ0v) is 17.7. The molecule has 0 radical (unpaired) electrons. The maximum absolute atomic E-state index is 5.97. The molecule has 0 bridgehead atoms. The van der Waals surface area contributed by atoms with Crippen LogP contribution >= 0.6 is 0 Å². The van der Waals surface area contributed by atoms with Gasteiger partial charge in [-0.05, 0) is 57.3 Å². The fourth-order valence-electron chi connectivity index (χ4n) is 4.25. The zero-order valence-electron chi connectivity index (χ0n) is 17.7. The molecule has 0 atom stereocenters. The molecule has 2 rings (SSSR count). The largest absolute Gasteiger partial charge is 0.328 e. The molecule has 1 saturated heterocycles. The van der Waals surface area contributed by atoms with Crippen LogP contribution < -0.4 is 5.73 Å². The van der Waals surface area contributed by atoms with Crippen molar-refractivity contribution in [2.75, 3.05) is 19.6 Å². The van der Waals surface area contributed by atoms with Crippen LogP contribution in [0.25, 0.3) is 0 Å². The van der Waals surface area contributed by atoms with Crippen molar-refractivity contribution in [2.45, 2.75) is 102 Å². The highest BCUT2D eigenvalue weighted by molar-refractivity contribution is 5.14. The Hall–Kier alpha value is -0.860. The number of rotatable bonds is 15. The Bertz CT molecular complexity index is 437. The maximum atomic E-state index is 5.97. The summed E-state index contributed by atoms with van der Waals surface area (Å²) in [6.45, 7) is 3.76. The van der Waals surface area contributed by atoms with E-state index in [2.05, 4.69) is 35.2 Å². The monoisotopic (exact) mass is 372 g/mol. The lowest BCUT2D eigenvalue weighted by atomic mass is 10.0. The smallest absolute Gasteiger partial charge is 0.00631 e. The van der Waals surface area contributed by atoms with E-state index >= 15 is 0 Å². The summed E-state index contributed by atoms with van der Waals surface area (Å²) in [4.78, 5) is 2.61. The summed E-state index contributed by atoms with van der Waals surface area (Å²) in [6, 6.07) is 11.4. The third-order valence-electron chi connectivity index (χ3n) is 6.16. The molecule has 1 aromatic carbocycles. The van der Waals surface area contributed by atoms with Crippen LogP contribution in [0.3, 0.4) is 0 Å². The first kappa shape index (κ1) is 22.4. The number of unbranched alkanes of at least 4 members (excludes halogenated alkanes) is 11. The molecule has 1 aliphatic rings. The molecule has 154 valence electrons. The maximum Gasteiger partial charge on any atom is 0.00631 e. The van der Waals surface area contributed by atoms with E-state index in [4.69, 9.17) is 5.73 Å². The highest BCUT2D eigenvalue weighted by Gasteiger charge is 2.14. The van der Waals surface area contributed by atoms with E-state index in [0.717, 1.165) is 0 Å². The molecule has 0 spiro atoms. The number of benzene rings is 1. The number of nitrogens with zero attached hydrogens (tertiary/aromatic N) is 1. The van der Waals surface area contributed by atoms with E-state index < -0.39 is 0 Å². The molecular formula is C25H44N2. The molecule has 2 nitrogen and oxygen atoms in total. The van der Waals surface area contributed by atoms with Crippen molar-refractivity contribution in [1.29, 1.82) is 0 Å². The molecule has 0 saturated carbocycles. The van der Waals surface area contributed by atoms with Gasteiger partial charge in [-0.3, -0.25) is 0 Å². The fraction of sp³-hybridized carbons (Fsp3) is 0.760. The Morgan fingerprint density at radius 1 is 0.667 bits per heavy atom. The quantitative estimate of drug-likeness (QED) is 0.364. The Morgan fingerprint density at radius 2 is 1.15 bits per heavy atom. The van der Waals surface area contributed by atoms with Crippen molar-refractivity contribution < 1.29 is 0 Å². The highest BCUT2D eigenvalue weighted by atomic mass is 15.1. The van der Waals surface area contributed by atoms with Crippen molar-refractivity contribution in [3.8, 4) is 0 Å². The second kappa shape index (κ2) is 15.1. The number of piperidine rings is 1. The van der Waals surface area contributed by atoms with Gasteiger partial charge in [-0.25, -0.2) is 0 Å². The second-order valence-electron chi connectivity index (χ2n) is 8.66. The van der Waals surface area contributed by atoms with Gasteiger partial charge in [0.1, 0.15) is 0 Å². The lowest BCUT2D eigenvalue weighted by molar-refractivity contribution is 0.209. The van der Waals surface area contributed by atoms with Crippen LogP contribution in [0, 0.1) is 0 Å². The molecule has 0 amide bonds. The molecule has 1 fully saturated rings. The van der Waals surface area contributed by atoms with Crippen molar-refractivity contribution in [3.63, 3.8) is 0 Å². The van der Waals surface area contributed by atoms with Crippen LogP contribution in [0.15, 0.2) is 30.3 Å². The van der Waals surface area contributed by atoms with Crippen molar-refractivity contribution in [2.24, 2.45) is 5.73 Å². The molecule has 1 heterocycles. The first-order valence-corrected chi connectivity index (χ1v) is 11.9. The summed E-state index contributed by atoms with van der Waals surface area (Å²) < 4.78 is 0. The van der Waals surface area contributed by atoms with Crippen LogP contribution in [0.5, 0.6) is 0 Å². The fourth-order valence-corrected chi connectivity index (χ4v) is 4.25. The van der Waals surface area contributed by atoms with Gasteiger partial charge in [-0.2, -0.15) is 0 Å². The van der Waals surface area contributed by atoms with Crippen LogP contribution in [-0.2, 0) is 6.42 Å². The predicted octanol–water partition coefficient (Wildman–Crippen LogP) is 6.33. The lowest BCUT2D eigenvalue weighted by Gasteiger charge is -2.29. The first-order valence-electron chi connectivity index (χ1n) is 11.9. The molecule has 0 unspecified atom stereocenters. The molecule has 2 heteroatoms. The molecule has 1 aromatic rings. The molecule has 0 aromatic heterocycles. The van der Waals surface area contributed by atoms with E-state index in [9.17, 15) is 0 Å². The van der Waals surface area contributed by atoms with Crippen molar-refractivity contribution in [3.05, 3.63) is 35.9 Å². The average Bonchev–Trinajstić information content (AvgIpc) is 2.70. The van der Waals surface area contributed by atoms with Gasteiger partial charge < -0.3 is 10.6 Å². The minimum Gasteiger partial charge on any atom is -0.328 e. The van der Waals surface area contributed by atoms with E-state index in [-0.39, 0.29) is 0 Å². The van der Waals surface area contributed by atoms with Gasteiger partial charge in [0, 0.05) is 6.04 Å². The summed E-state index contributed by atoms with van der Waals surface area (Å²) in [6.07, 6.45) is 20.8. The summed E-state index contributed by atoms with van der Waals surface area (Å²) >= 11 is 0. The Morgan fingerprint density at radius 3 is 1.70 bits per heavy atom. The van der Waals surface area contributed by atoms with E-state index in [1.807, 2.05) is 0 Å². The third-order valence-corrected chi connectivity index (χ3v) is 6.16. The summed E-state index contributed by atoms with van der Waals surface area (Å²) in [7, 11) is 0. The average molecular weight is 373 g/mol. The van der Waals surface area contributed by atoms with Gasteiger partial charge in [0.15, 0.2) is 0 Å². The molecular weight excluding hydrogens is 328 g/mol. The van der Waals surface area contributed by atoms with Gasteiger partial charge in [0.25, 0.3) is 0 Å². The van der Waals surface area contributed by atoms with Gasteiger partial charge in [0.2, 0.25) is 0 Å². The zero-order chi connectivity index (χ0) is 19.0. The summed E-state index contributed by atoms with van der Waals surface area (Å²) in [5.41, 5.74) is 7.46. The molecule has 27 heavy (non-hydrogen) atoms. The Kier molecular flexibility index (Phi) is 12.6. The van der Waals surface area contributed by atoms with Crippen molar-refractivity contribution in [1.82, 2.24) is 4.90 Å². The SMILES string of the molecule is NC1CCN(CCCCCCCCCCCCCCc2ccccc2)CC1. The second-order valence-corrected chi connectivity index (χ2v) is 8.66. The van der Waals surface area contributed by atoms with Crippen LogP contribution in [0.4, 0.5) is 0 Å². The number of aryl methyl sites for hydroxylation is 1. The Balaban J connectivity index is 1.26. The number of nitrogens with two attached hydrogens (primary N) is 1. The number of hydrogen-bond acceptors (Lipinski definition) is 2. The van der Waals surface area contributed by atoms with E-state index in [1.54, 1.807) is 0 Å². The number of likely N-dealkylation sites (tertiary alicyclic amines) is 1. The van der Waals surface area contributed by atoms with E-state index in [1.165, 1.54) is 122 Å². The standard InChI is InChI=1S/C25H44N2/c26-25-19-22-27(23-20-25)21-15-10-8-6-4-2-1-3-5-7-9-12-16-24-17-13-11-14-18-24/h11,13-14,17-18,25H,1-10,12,15-16,19-23,26H2. The predicted molar refractivity (Wildman–Crippen MR) is 119 cm³/mol. The topological polar surface area (TPSA) is 29.3 Å². The van der Waals surface area contributed by atoms with E-state index in [0.29, 0.717) is 6.04 Å². The van der Waals surface area contributed by atoms with Crippen molar-refractivity contribution >= 4 is 0 Å². The minimum atomic E-state index is 0.468. The lowest BCUT2D eigenvalue weighted by Crippen LogP contribution is -2.39. The van der Waals surface area contributed by atoms with Crippen LogP contribution in [0.1, 0.15) is 95.5 Å². The first-order chi connectivity index (χ1) is 13.3. The summed E-state index contributed by atoms with van der Waals surface area (Å²) in [5, 5.41) is 0. The van der Waals surface area contributed by atoms with Crippen LogP contribution in [0.2, 0.25) is 0 Å².